The summed E-state index contributed by atoms with van der Waals surface area (Å²) < 4.78 is 20.4. The number of pyridine rings is 2. The molecule has 14 nitrogen and oxygen atoms in total. The third-order valence-electron chi connectivity index (χ3n) is 11.3. The van der Waals surface area contributed by atoms with Gasteiger partial charge in [-0.3, -0.25) is 35.2 Å². The lowest BCUT2D eigenvalue weighted by Gasteiger charge is -2.36. The largest absolute Gasteiger partial charge is 0.371 e. The van der Waals surface area contributed by atoms with E-state index in [2.05, 4.69) is 64.0 Å². The lowest BCUT2D eigenvalue weighted by molar-refractivity contribution is -0.134. The SMILES string of the molecule is Cc1cc(-c2[nH]nc3ncc(-c4ccc(N5CCN(CCc6ccc([C@@H]7CCC(=O)NC7=O)c(F)c6)CC5)cn4)cc23)ccc1[C@@H](C)NC(O)c1noc(C(C)(C)C)n1. The van der Waals surface area contributed by atoms with E-state index < -0.39 is 23.9 Å². The van der Waals surface area contributed by atoms with Crippen molar-refractivity contribution in [2.45, 2.75) is 77.5 Å². The molecule has 0 spiro atoms. The summed E-state index contributed by atoms with van der Waals surface area (Å²) in [6, 6.07) is 17.3. The third-order valence-corrected chi connectivity index (χ3v) is 11.3. The van der Waals surface area contributed by atoms with Crippen molar-refractivity contribution in [2.24, 2.45) is 0 Å². The molecule has 2 saturated heterocycles. The van der Waals surface area contributed by atoms with Crippen molar-refractivity contribution in [2.75, 3.05) is 37.6 Å². The number of anilines is 1. The molecule has 4 N–H and O–H groups in total. The predicted molar refractivity (Wildman–Crippen MR) is 221 cm³/mol. The number of aryl methyl sites for hydroxylation is 1. The standard InChI is InChI=1S/C44H49FN10O4/c1-25-20-28(7-10-31(25)26(2)48-42(58)40-50-43(59-53-40)44(3,4)5)38-34-22-29(23-47-39(34)52-51-38)36-12-8-30(24-46-36)55-18-16-54(17-19-55)15-14-27-6-9-32(35(45)21-27)33-11-13-37(56)49-41(33)57/h6-10,12,20-24,26,33,42,48,58H,11,13-19H2,1-5H3,(H,47,51,52)(H,49,56,57)/t26-,33+,42?/m1/s1. The Kier molecular flexibility index (Phi) is 11.1. The molecule has 4 aromatic heterocycles. The number of hydrogen-bond acceptors (Lipinski definition) is 12. The summed E-state index contributed by atoms with van der Waals surface area (Å²) in [5, 5.41) is 28.8. The van der Waals surface area contributed by atoms with Gasteiger partial charge in [0.1, 0.15) is 5.82 Å². The molecule has 0 aliphatic carbocycles. The first kappa shape index (κ1) is 39.9. The number of amides is 2. The number of aliphatic hydroxyl groups excluding tert-OH is 1. The zero-order chi connectivity index (χ0) is 41.4. The molecule has 0 bridgehead atoms. The lowest BCUT2D eigenvalue weighted by Crippen LogP contribution is -2.47. The quantitative estimate of drug-likeness (QED) is 0.0884. The number of halogens is 1. The van der Waals surface area contributed by atoms with Gasteiger partial charge in [-0.2, -0.15) is 10.1 Å². The van der Waals surface area contributed by atoms with E-state index in [1.54, 1.807) is 12.3 Å². The molecule has 8 rings (SSSR count). The van der Waals surface area contributed by atoms with Crippen molar-refractivity contribution in [3.05, 3.63) is 107 Å². The second-order valence-corrected chi connectivity index (χ2v) is 16.6. The molecule has 2 aromatic carbocycles. The molecule has 2 aliphatic heterocycles. The van der Waals surface area contributed by atoms with Gasteiger partial charge in [-0.1, -0.05) is 50.2 Å². The molecule has 2 fully saturated rings. The molecule has 2 amide bonds. The van der Waals surface area contributed by atoms with Gasteiger partial charge in [0, 0.05) is 78.9 Å². The van der Waals surface area contributed by atoms with Crippen LogP contribution in [-0.4, -0.2) is 84.9 Å². The van der Waals surface area contributed by atoms with Gasteiger partial charge in [0.15, 0.2) is 11.9 Å². The molecule has 0 radical (unpaired) electrons. The number of aromatic amines is 1. The fourth-order valence-corrected chi connectivity index (χ4v) is 7.89. The number of carbonyl (C=O) groups is 2. The number of piperidine rings is 1. The fourth-order valence-electron chi connectivity index (χ4n) is 7.89. The summed E-state index contributed by atoms with van der Waals surface area (Å²) in [5.41, 5.74) is 8.16. The number of aromatic nitrogens is 6. The number of nitrogens with zero attached hydrogens (tertiary/aromatic N) is 7. The molecule has 3 atom stereocenters. The van der Waals surface area contributed by atoms with E-state index in [0.717, 1.165) is 83.0 Å². The zero-order valence-corrected chi connectivity index (χ0v) is 33.9. The minimum absolute atomic E-state index is 0.197. The van der Waals surface area contributed by atoms with E-state index in [9.17, 15) is 14.7 Å². The van der Waals surface area contributed by atoms with Crippen LogP contribution in [0.1, 0.15) is 92.7 Å². The molecule has 15 heteroatoms. The van der Waals surface area contributed by atoms with Crippen LogP contribution in [-0.2, 0) is 21.4 Å². The average molecular weight is 801 g/mol. The highest BCUT2D eigenvalue weighted by atomic mass is 19.1. The summed E-state index contributed by atoms with van der Waals surface area (Å²) in [6.07, 6.45) is 3.87. The molecule has 306 valence electrons. The Bertz CT molecular complexity index is 2490. The highest BCUT2D eigenvalue weighted by molar-refractivity contribution is 6.01. The van der Waals surface area contributed by atoms with Crippen LogP contribution in [0.3, 0.4) is 0 Å². The number of rotatable bonds is 11. The molecule has 6 aromatic rings. The van der Waals surface area contributed by atoms with Gasteiger partial charge >= 0.3 is 0 Å². The topological polar surface area (TPSA) is 178 Å². The molecule has 0 saturated carbocycles. The van der Waals surface area contributed by atoms with Gasteiger partial charge < -0.3 is 14.5 Å². The van der Waals surface area contributed by atoms with Crippen LogP contribution in [0.2, 0.25) is 0 Å². The summed E-state index contributed by atoms with van der Waals surface area (Å²) in [7, 11) is 0. The molecule has 59 heavy (non-hydrogen) atoms. The molecule has 6 heterocycles. The van der Waals surface area contributed by atoms with E-state index in [0.29, 0.717) is 29.9 Å². The van der Waals surface area contributed by atoms with Gasteiger partial charge in [-0.25, -0.2) is 9.37 Å². The Balaban J connectivity index is 0.869. The van der Waals surface area contributed by atoms with Crippen LogP contribution in [0, 0.1) is 12.7 Å². The average Bonchev–Trinajstić information content (AvgIpc) is 3.90. The van der Waals surface area contributed by atoms with Crippen LogP contribution >= 0.6 is 0 Å². The lowest BCUT2D eigenvalue weighted by atomic mass is 9.89. The van der Waals surface area contributed by atoms with Crippen molar-refractivity contribution < 1.29 is 23.6 Å². The maximum absolute atomic E-state index is 15.0. The molecular formula is C44H49FN10O4. The highest BCUT2D eigenvalue weighted by Crippen LogP contribution is 2.33. The Morgan fingerprint density at radius 2 is 1.81 bits per heavy atom. The highest BCUT2D eigenvalue weighted by Gasteiger charge is 2.30. The van der Waals surface area contributed by atoms with Crippen LogP contribution in [0.25, 0.3) is 33.5 Å². The number of hydrogen-bond donors (Lipinski definition) is 4. The van der Waals surface area contributed by atoms with Crippen molar-refractivity contribution in [1.82, 2.24) is 45.8 Å². The zero-order valence-electron chi connectivity index (χ0n) is 33.9. The predicted octanol–water partition coefficient (Wildman–Crippen LogP) is 6.04. The first-order chi connectivity index (χ1) is 28.3. The van der Waals surface area contributed by atoms with Gasteiger partial charge in [0.25, 0.3) is 0 Å². The van der Waals surface area contributed by atoms with Crippen molar-refractivity contribution in [3.8, 4) is 22.5 Å². The summed E-state index contributed by atoms with van der Waals surface area (Å²) >= 11 is 0. The van der Waals surface area contributed by atoms with Crippen molar-refractivity contribution >= 4 is 28.5 Å². The monoisotopic (exact) mass is 800 g/mol. The van der Waals surface area contributed by atoms with E-state index >= 15 is 4.39 Å². The number of aliphatic hydroxyl groups is 1. The minimum atomic E-state index is -1.09. The summed E-state index contributed by atoms with van der Waals surface area (Å²) in [4.78, 5) is 42.3. The third kappa shape index (κ3) is 8.63. The maximum Gasteiger partial charge on any atom is 0.234 e. The molecule has 2 aliphatic rings. The van der Waals surface area contributed by atoms with Crippen LogP contribution in [0.15, 0.2) is 71.5 Å². The number of fused-ring (bicyclic) bond motifs is 1. The first-order valence-electron chi connectivity index (χ1n) is 20.1. The van der Waals surface area contributed by atoms with Crippen molar-refractivity contribution in [1.29, 1.82) is 0 Å². The number of piperazine rings is 1. The van der Waals surface area contributed by atoms with E-state index in [1.807, 2.05) is 65.1 Å². The van der Waals surface area contributed by atoms with Crippen molar-refractivity contribution in [3.63, 3.8) is 0 Å². The Morgan fingerprint density at radius 3 is 2.51 bits per heavy atom. The Morgan fingerprint density at radius 1 is 1.00 bits per heavy atom. The second-order valence-electron chi connectivity index (χ2n) is 16.6. The van der Waals surface area contributed by atoms with E-state index in [-0.39, 0.29) is 29.6 Å². The number of H-pyrrole nitrogens is 1. The smallest absolute Gasteiger partial charge is 0.234 e. The van der Waals surface area contributed by atoms with E-state index in [4.69, 9.17) is 9.51 Å². The van der Waals surface area contributed by atoms with E-state index in [1.165, 1.54) is 6.07 Å². The summed E-state index contributed by atoms with van der Waals surface area (Å²) in [5.74, 6) is -1.09. The normalized spacial score (nSPS) is 17.7. The Labute approximate surface area is 341 Å². The second kappa shape index (κ2) is 16.4. The van der Waals surface area contributed by atoms with Gasteiger partial charge in [0.05, 0.1) is 29.2 Å². The minimum Gasteiger partial charge on any atom is -0.371 e. The fraction of sp³-hybridized carbons (Fsp3) is 0.386. The number of carbonyl (C=O) groups excluding carboxylic acids is 2. The molecule has 1 unspecified atom stereocenters. The van der Waals surface area contributed by atoms with Crippen LogP contribution in [0.5, 0.6) is 0 Å². The summed E-state index contributed by atoms with van der Waals surface area (Å²) in [6.45, 7) is 14.2. The van der Waals surface area contributed by atoms with Gasteiger partial charge in [0.2, 0.25) is 23.5 Å². The Hall–Kier alpha value is -5.90. The van der Waals surface area contributed by atoms with Gasteiger partial charge in [-0.15, -0.1) is 0 Å². The van der Waals surface area contributed by atoms with Crippen LogP contribution in [0.4, 0.5) is 10.1 Å². The number of nitrogens with one attached hydrogen (secondary N) is 3. The molecular weight excluding hydrogens is 752 g/mol. The number of benzene rings is 2. The maximum atomic E-state index is 15.0. The number of imide groups is 1. The van der Waals surface area contributed by atoms with Crippen LogP contribution < -0.4 is 15.5 Å². The first-order valence-corrected chi connectivity index (χ1v) is 20.1. The van der Waals surface area contributed by atoms with Gasteiger partial charge in [-0.05, 0) is 73.7 Å².